The van der Waals surface area contributed by atoms with E-state index in [1.54, 1.807) is 60.6 Å². The van der Waals surface area contributed by atoms with Crippen molar-refractivity contribution in [3.05, 3.63) is 67.5 Å². The lowest BCUT2D eigenvalue weighted by Gasteiger charge is -2.42. The van der Waals surface area contributed by atoms with Crippen LogP contribution in [-0.4, -0.2) is 34.5 Å². The Labute approximate surface area is 191 Å². The molecule has 3 atom stereocenters. The van der Waals surface area contributed by atoms with Crippen molar-refractivity contribution in [3.63, 3.8) is 0 Å². The van der Waals surface area contributed by atoms with Crippen LogP contribution < -0.4 is 0 Å². The number of nitrogens with zero attached hydrogens (tertiary/aromatic N) is 1. The summed E-state index contributed by atoms with van der Waals surface area (Å²) >= 11 is 0. The van der Waals surface area contributed by atoms with E-state index in [4.69, 9.17) is 9.47 Å². The smallest absolute Gasteiger partial charge is 0.338 e. The number of cyclic esters (lactones) is 1. The van der Waals surface area contributed by atoms with Gasteiger partial charge in [0.15, 0.2) is 17.9 Å². The van der Waals surface area contributed by atoms with Gasteiger partial charge in [0.1, 0.15) is 0 Å². The maximum absolute atomic E-state index is 13.7. The summed E-state index contributed by atoms with van der Waals surface area (Å²) in [6.45, 7) is 12.2. The lowest BCUT2D eigenvalue weighted by atomic mass is 9.83. The molecule has 6 heteroatoms. The largest absolute Gasteiger partial charge is 0.454 e. The number of rotatable bonds is 4. The van der Waals surface area contributed by atoms with Gasteiger partial charge in [-0.1, -0.05) is 51.1 Å². The summed E-state index contributed by atoms with van der Waals surface area (Å²) in [7, 11) is 0. The van der Waals surface area contributed by atoms with E-state index in [-0.39, 0.29) is 5.91 Å². The highest BCUT2D eigenvalue weighted by Crippen LogP contribution is 2.47. The number of esters is 2. The molecule has 0 spiro atoms. The molecular weight excluding hydrogens is 406 g/mol. The predicted molar refractivity (Wildman–Crippen MR) is 120 cm³/mol. The maximum atomic E-state index is 13.7. The number of carbonyl (C=O) groups excluding carboxylic acids is 3. The first-order valence-electron chi connectivity index (χ1n) is 10.8. The molecule has 3 rings (SSSR count). The van der Waals surface area contributed by atoms with Crippen LogP contribution in [0.25, 0.3) is 0 Å². The molecule has 0 N–H and O–H groups in total. The van der Waals surface area contributed by atoms with Crippen molar-refractivity contribution in [1.29, 1.82) is 0 Å². The zero-order valence-corrected chi connectivity index (χ0v) is 19.8. The normalized spacial score (nSPS) is 25.5. The monoisotopic (exact) mass is 438 g/mol. The third-order valence-electron chi connectivity index (χ3n) is 5.65. The molecule has 1 saturated heterocycles. The molecule has 2 fully saturated rings. The fourth-order valence-electron chi connectivity index (χ4n) is 3.72. The molecule has 1 aliphatic carbocycles. The Balaban J connectivity index is 2.15. The fraction of sp³-hybridized carbons (Fsp3) is 0.462. The van der Waals surface area contributed by atoms with Crippen LogP contribution in [0.15, 0.2) is 30.3 Å². The van der Waals surface area contributed by atoms with Crippen LogP contribution >= 0.6 is 0 Å². The van der Waals surface area contributed by atoms with E-state index in [1.165, 1.54) is 4.90 Å². The number of hydrogen-bond donors (Lipinski definition) is 0. The lowest BCUT2D eigenvalue weighted by molar-refractivity contribution is -0.174. The molecule has 1 amide bonds. The van der Waals surface area contributed by atoms with E-state index in [1.807, 2.05) is 43.9 Å². The van der Waals surface area contributed by atoms with Crippen molar-refractivity contribution in [1.82, 2.24) is 4.90 Å². The summed E-state index contributed by atoms with van der Waals surface area (Å²) in [6, 6.07) is 9.03. The second-order valence-electron chi connectivity index (χ2n) is 10.5. The number of hydrogen-bond acceptors (Lipinski definition) is 5. The third-order valence-corrected chi connectivity index (χ3v) is 5.65. The van der Waals surface area contributed by atoms with Gasteiger partial charge in [0.05, 0.1) is 5.41 Å². The molecule has 0 unspecified atom stereocenters. The molecule has 1 aliphatic heterocycles. The second-order valence-corrected chi connectivity index (χ2v) is 10.5. The summed E-state index contributed by atoms with van der Waals surface area (Å²) in [5.41, 5.74) is -2.54. The van der Waals surface area contributed by atoms with Gasteiger partial charge in [-0.2, -0.15) is 0 Å². The molecule has 1 aromatic rings. The Hall–Kier alpha value is -2.37. The van der Waals surface area contributed by atoms with Crippen LogP contribution in [0.3, 0.4) is 0 Å². The average molecular weight is 439 g/mol. The van der Waals surface area contributed by atoms with Gasteiger partial charge in [-0.25, -0.2) is 4.79 Å². The highest BCUT2D eigenvalue weighted by molar-refractivity contribution is 5.94. The quantitative estimate of drug-likeness (QED) is 0.658. The summed E-state index contributed by atoms with van der Waals surface area (Å²) in [4.78, 5) is 41.6. The van der Waals surface area contributed by atoms with Crippen molar-refractivity contribution < 1.29 is 23.9 Å². The first-order chi connectivity index (χ1) is 14.8. The number of ether oxygens (including phenoxy) is 2. The zero-order chi connectivity index (χ0) is 23.9. The first kappa shape index (κ1) is 24.3. The summed E-state index contributed by atoms with van der Waals surface area (Å²) in [5, 5.41) is 0. The first-order valence-corrected chi connectivity index (χ1v) is 10.8. The summed E-state index contributed by atoms with van der Waals surface area (Å²) < 4.78 is 11.8. The van der Waals surface area contributed by atoms with Crippen molar-refractivity contribution in [2.75, 3.05) is 0 Å². The van der Waals surface area contributed by atoms with E-state index in [0.29, 0.717) is 11.5 Å². The van der Waals surface area contributed by atoms with Crippen molar-refractivity contribution in [2.45, 2.75) is 66.3 Å². The molecule has 171 valence electrons. The molecule has 0 bridgehead atoms. The Kier molecular flexibility index (Phi) is 6.47. The van der Waals surface area contributed by atoms with Gasteiger partial charge < -0.3 is 9.47 Å². The van der Waals surface area contributed by atoms with Crippen LogP contribution in [0, 0.1) is 42.4 Å². The highest BCUT2D eigenvalue weighted by Gasteiger charge is 2.63. The van der Waals surface area contributed by atoms with Crippen LogP contribution in [0.1, 0.15) is 60.1 Å². The van der Waals surface area contributed by atoms with Crippen molar-refractivity contribution in [3.8, 4) is 0 Å². The molecule has 1 heterocycles. The van der Waals surface area contributed by atoms with E-state index in [9.17, 15) is 14.4 Å². The van der Waals surface area contributed by atoms with Gasteiger partial charge in [-0.3, -0.25) is 14.5 Å². The minimum absolute atomic E-state index is 0.273. The van der Waals surface area contributed by atoms with Crippen LogP contribution in [0.5, 0.6) is 0 Å². The van der Waals surface area contributed by atoms with Gasteiger partial charge in [-0.05, 0) is 58.9 Å². The zero-order valence-electron chi connectivity index (χ0n) is 19.8. The maximum Gasteiger partial charge on any atom is 0.338 e. The topological polar surface area (TPSA) is 72.9 Å². The number of benzene rings is 1. The van der Waals surface area contributed by atoms with E-state index in [0.717, 1.165) is 0 Å². The Morgan fingerprint density at radius 2 is 1.56 bits per heavy atom. The average Bonchev–Trinajstić information content (AvgIpc) is 3.32. The molecular formula is C26H32NO5. The minimum Gasteiger partial charge on any atom is -0.454 e. The predicted octanol–water partition coefficient (Wildman–Crippen LogP) is 4.24. The second kappa shape index (κ2) is 8.53. The highest BCUT2D eigenvalue weighted by atomic mass is 16.6. The van der Waals surface area contributed by atoms with Crippen LogP contribution in [-0.2, 0) is 23.9 Å². The Morgan fingerprint density at radius 1 is 1.00 bits per heavy atom. The molecule has 1 aromatic carbocycles. The molecule has 2 aliphatic rings. The number of amides is 1. The van der Waals surface area contributed by atoms with Crippen molar-refractivity contribution >= 4 is 17.8 Å². The number of carbonyl (C=O) groups is 3. The van der Waals surface area contributed by atoms with Gasteiger partial charge in [0.2, 0.25) is 5.91 Å². The lowest BCUT2D eigenvalue weighted by Crippen LogP contribution is -2.59. The van der Waals surface area contributed by atoms with Gasteiger partial charge in [-0.15, -0.1) is 0 Å². The minimum atomic E-state index is -1.56. The van der Waals surface area contributed by atoms with Gasteiger partial charge in [0.25, 0.3) is 0 Å². The Bertz CT molecular complexity index is 860. The van der Waals surface area contributed by atoms with E-state index in [2.05, 4.69) is 0 Å². The van der Waals surface area contributed by atoms with Gasteiger partial charge >= 0.3 is 11.9 Å². The SMILES string of the molecule is CC(C)(C)C(=O)O[C@H](c1ccccc1)[C@]1(C)C(=O)O[C@@H]([C]2[CH][CH][CH][CH]2)N1C(=O)C(C)(C)C. The third kappa shape index (κ3) is 4.41. The van der Waals surface area contributed by atoms with E-state index < -0.39 is 40.6 Å². The Morgan fingerprint density at radius 3 is 2.06 bits per heavy atom. The summed E-state index contributed by atoms with van der Waals surface area (Å²) in [5.74, 6) is -0.671. The molecule has 0 aromatic heterocycles. The van der Waals surface area contributed by atoms with E-state index >= 15 is 0 Å². The summed E-state index contributed by atoms with van der Waals surface area (Å²) in [6.07, 6.45) is 5.32. The fourth-order valence-corrected chi connectivity index (χ4v) is 3.72. The molecule has 6 nitrogen and oxygen atoms in total. The van der Waals surface area contributed by atoms with Crippen molar-refractivity contribution in [2.24, 2.45) is 10.8 Å². The molecule has 5 radical (unpaired) electrons. The molecule has 32 heavy (non-hydrogen) atoms. The van der Waals surface area contributed by atoms with Crippen LogP contribution in [0.4, 0.5) is 0 Å². The standard InChI is InChI=1S/C26H32NO5/c1-24(2,3)21(28)27-20(18-15-11-12-16-18)32-23(30)26(27,7)19(17-13-9-8-10-14-17)31-22(29)25(4,5)6/h8-16,19-20H,1-7H3/t19-,20+,26-/m1/s1. The van der Waals surface area contributed by atoms with Crippen LogP contribution in [0.2, 0.25) is 0 Å². The van der Waals surface area contributed by atoms with Gasteiger partial charge in [0, 0.05) is 11.3 Å². The molecule has 1 saturated carbocycles.